The SMILES string of the molecule is COC(=O)c1cccc(N2CC(=O)CCC2(C)C)c1. The van der Waals surface area contributed by atoms with E-state index in [1.807, 2.05) is 12.1 Å². The number of carbonyl (C=O) groups excluding carboxylic acids is 2. The van der Waals surface area contributed by atoms with Crippen LogP contribution in [0.3, 0.4) is 0 Å². The van der Waals surface area contributed by atoms with Crippen molar-refractivity contribution in [3.05, 3.63) is 29.8 Å². The van der Waals surface area contributed by atoms with Gasteiger partial charge in [0.25, 0.3) is 0 Å². The van der Waals surface area contributed by atoms with Crippen LogP contribution in [-0.2, 0) is 9.53 Å². The third-order valence-corrected chi connectivity index (χ3v) is 3.66. The molecule has 0 saturated carbocycles. The fraction of sp³-hybridized carbons (Fsp3) is 0.467. The van der Waals surface area contributed by atoms with Crippen LogP contribution in [-0.4, -0.2) is 30.9 Å². The number of esters is 1. The highest BCUT2D eigenvalue weighted by Gasteiger charge is 2.33. The molecule has 102 valence electrons. The standard InChI is InChI=1S/C15H19NO3/c1-15(2)8-7-13(17)10-16(15)12-6-4-5-11(9-12)14(18)19-3/h4-6,9H,7-8,10H2,1-3H3. The molecule has 0 amide bonds. The summed E-state index contributed by atoms with van der Waals surface area (Å²) in [6.45, 7) is 4.63. The number of nitrogens with zero attached hydrogens (tertiary/aromatic N) is 1. The van der Waals surface area contributed by atoms with Crippen molar-refractivity contribution in [1.82, 2.24) is 0 Å². The summed E-state index contributed by atoms with van der Waals surface area (Å²) in [4.78, 5) is 25.3. The Labute approximate surface area is 113 Å². The predicted octanol–water partition coefficient (Wildman–Crippen LogP) is 2.42. The number of Topliss-reactive ketones (excluding diaryl/α,β-unsaturated/α-hetero) is 1. The van der Waals surface area contributed by atoms with Gasteiger partial charge in [-0.3, -0.25) is 4.79 Å². The molecule has 4 heteroatoms. The maximum atomic E-state index is 11.7. The van der Waals surface area contributed by atoms with Gasteiger partial charge in [0.15, 0.2) is 5.78 Å². The second kappa shape index (κ2) is 5.03. The number of rotatable bonds is 2. The molecule has 0 N–H and O–H groups in total. The van der Waals surface area contributed by atoms with Gasteiger partial charge in [0.2, 0.25) is 0 Å². The average molecular weight is 261 g/mol. The molecule has 1 aliphatic rings. The van der Waals surface area contributed by atoms with Gasteiger partial charge in [0.1, 0.15) is 0 Å². The number of hydrogen-bond donors (Lipinski definition) is 0. The first-order chi connectivity index (χ1) is 8.94. The van der Waals surface area contributed by atoms with Crippen molar-refractivity contribution in [3.8, 4) is 0 Å². The number of benzene rings is 1. The van der Waals surface area contributed by atoms with Gasteiger partial charge in [-0.15, -0.1) is 0 Å². The number of methoxy groups -OCH3 is 1. The lowest BCUT2D eigenvalue weighted by Gasteiger charge is -2.43. The first-order valence-corrected chi connectivity index (χ1v) is 6.42. The van der Waals surface area contributed by atoms with Crippen molar-refractivity contribution in [2.75, 3.05) is 18.6 Å². The third-order valence-electron chi connectivity index (χ3n) is 3.66. The van der Waals surface area contributed by atoms with Gasteiger partial charge in [-0.25, -0.2) is 4.79 Å². The van der Waals surface area contributed by atoms with Gasteiger partial charge < -0.3 is 9.64 Å². The van der Waals surface area contributed by atoms with Crippen molar-refractivity contribution in [2.45, 2.75) is 32.2 Å². The van der Waals surface area contributed by atoms with E-state index < -0.39 is 0 Å². The molecule has 0 spiro atoms. The number of ketones is 1. The molecule has 1 aromatic rings. The molecule has 1 saturated heterocycles. The van der Waals surface area contributed by atoms with E-state index >= 15 is 0 Å². The van der Waals surface area contributed by atoms with Crippen LogP contribution in [0.4, 0.5) is 5.69 Å². The Morgan fingerprint density at radius 3 is 2.79 bits per heavy atom. The predicted molar refractivity (Wildman–Crippen MR) is 73.4 cm³/mol. The summed E-state index contributed by atoms with van der Waals surface area (Å²) in [6, 6.07) is 7.24. The van der Waals surface area contributed by atoms with E-state index in [2.05, 4.69) is 18.7 Å². The van der Waals surface area contributed by atoms with E-state index in [0.29, 0.717) is 18.5 Å². The Bertz CT molecular complexity index is 508. The molecule has 0 atom stereocenters. The van der Waals surface area contributed by atoms with Gasteiger partial charge in [-0.05, 0) is 38.5 Å². The first kappa shape index (κ1) is 13.6. The molecule has 0 aliphatic carbocycles. The molecule has 0 bridgehead atoms. The number of carbonyl (C=O) groups is 2. The van der Waals surface area contributed by atoms with E-state index in [1.165, 1.54) is 7.11 Å². The van der Waals surface area contributed by atoms with Gasteiger partial charge in [0, 0.05) is 17.6 Å². The largest absolute Gasteiger partial charge is 0.465 e. The number of ether oxygens (including phenoxy) is 1. The van der Waals surface area contributed by atoms with Crippen LogP contribution >= 0.6 is 0 Å². The van der Waals surface area contributed by atoms with Crippen molar-refractivity contribution >= 4 is 17.4 Å². The molecule has 0 unspecified atom stereocenters. The zero-order chi connectivity index (χ0) is 14.0. The van der Waals surface area contributed by atoms with Crippen LogP contribution < -0.4 is 4.90 Å². The molecule has 19 heavy (non-hydrogen) atoms. The molecular weight excluding hydrogens is 242 g/mol. The second-order valence-corrected chi connectivity index (χ2v) is 5.48. The third kappa shape index (κ3) is 2.78. The minimum absolute atomic E-state index is 0.0807. The highest BCUT2D eigenvalue weighted by Crippen LogP contribution is 2.31. The summed E-state index contributed by atoms with van der Waals surface area (Å²) >= 11 is 0. The van der Waals surface area contributed by atoms with Crippen LogP contribution in [0.25, 0.3) is 0 Å². The molecule has 1 aromatic carbocycles. The Hall–Kier alpha value is -1.84. The lowest BCUT2D eigenvalue weighted by atomic mass is 9.89. The smallest absolute Gasteiger partial charge is 0.337 e. The molecule has 2 rings (SSSR count). The number of piperidine rings is 1. The van der Waals surface area contributed by atoms with Crippen LogP contribution in [0.5, 0.6) is 0 Å². The fourth-order valence-electron chi connectivity index (χ4n) is 2.41. The van der Waals surface area contributed by atoms with Crippen molar-refractivity contribution in [3.63, 3.8) is 0 Å². The van der Waals surface area contributed by atoms with Crippen LogP contribution in [0.1, 0.15) is 37.0 Å². The van der Waals surface area contributed by atoms with Crippen molar-refractivity contribution in [1.29, 1.82) is 0 Å². The molecule has 1 aliphatic heterocycles. The lowest BCUT2D eigenvalue weighted by Crippen LogP contribution is -2.51. The minimum Gasteiger partial charge on any atom is -0.465 e. The van der Waals surface area contributed by atoms with Crippen LogP contribution in [0.15, 0.2) is 24.3 Å². The highest BCUT2D eigenvalue weighted by atomic mass is 16.5. The molecule has 1 fully saturated rings. The Morgan fingerprint density at radius 2 is 2.11 bits per heavy atom. The quantitative estimate of drug-likeness (QED) is 0.767. The van der Waals surface area contributed by atoms with Crippen molar-refractivity contribution < 1.29 is 14.3 Å². The Kier molecular flexibility index (Phi) is 3.60. The molecule has 0 aromatic heterocycles. The van der Waals surface area contributed by atoms with Gasteiger partial charge >= 0.3 is 5.97 Å². The van der Waals surface area contributed by atoms with E-state index in [4.69, 9.17) is 4.74 Å². The number of hydrogen-bond acceptors (Lipinski definition) is 4. The zero-order valence-electron chi connectivity index (χ0n) is 11.6. The summed E-state index contributed by atoms with van der Waals surface area (Å²) in [5.74, 6) is -0.120. The summed E-state index contributed by atoms with van der Waals surface area (Å²) in [5.41, 5.74) is 1.32. The van der Waals surface area contributed by atoms with Gasteiger partial charge in [-0.1, -0.05) is 6.07 Å². The number of anilines is 1. The maximum absolute atomic E-state index is 11.7. The monoisotopic (exact) mass is 261 g/mol. The molecule has 4 nitrogen and oxygen atoms in total. The summed E-state index contributed by atoms with van der Waals surface area (Å²) in [7, 11) is 1.36. The molecule has 1 heterocycles. The Balaban J connectivity index is 2.34. The Morgan fingerprint density at radius 1 is 1.37 bits per heavy atom. The normalized spacial score (nSPS) is 18.3. The topological polar surface area (TPSA) is 46.6 Å². The molecular formula is C15H19NO3. The van der Waals surface area contributed by atoms with E-state index in [0.717, 1.165) is 12.1 Å². The van der Waals surface area contributed by atoms with E-state index in [-0.39, 0.29) is 17.3 Å². The lowest BCUT2D eigenvalue weighted by molar-refractivity contribution is -0.119. The van der Waals surface area contributed by atoms with Gasteiger partial charge in [-0.2, -0.15) is 0 Å². The van der Waals surface area contributed by atoms with Crippen molar-refractivity contribution in [2.24, 2.45) is 0 Å². The second-order valence-electron chi connectivity index (χ2n) is 5.48. The molecule has 0 radical (unpaired) electrons. The van der Waals surface area contributed by atoms with Crippen LogP contribution in [0, 0.1) is 0 Å². The summed E-state index contributed by atoms with van der Waals surface area (Å²) in [5, 5.41) is 0. The van der Waals surface area contributed by atoms with E-state index in [1.54, 1.807) is 12.1 Å². The minimum atomic E-state index is -0.358. The van der Waals surface area contributed by atoms with E-state index in [9.17, 15) is 9.59 Å². The summed E-state index contributed by atoms with van der Waals surface area (Å²) in [6.07, 6.45) is 1.45. The fourth-order valence-corrected chi connectivity index (χ4v) is 2.41. The summed E-state index contributed by atoms with van der Waals surface area (Å²) < 4.78 is 4.73. The average Bonchev–Trinajstić information content (AvgIpc) is 2.41. The maximum Gasteiger partial charge on any atom is 0.337 e. The van der Waals surface area contributed by atoms with Crippen LogP contribution in [0.2, 0.25) is 0 Å². The first-order valence-electron chi connectivity index (χ1n) is 6.42. The highest BCUT2D eigenvalue weighted by molar-refractivity contribution is 5.91. The zero-order valence-corrected chi connectivity index (χ0v) is 11.6. The van der Waals surface area contributed by atoms with Gasteiger partial charge in [0.05, 0.1) is 19.2 Å².